The molecule has 118 valence electrons. The zero-order valence-corrected chi connectivity index (χ0v) is 13.4. The highest BCUT2D eigenvalue weighted by Gasteiger charge is 2.41. The first-order valence-electron chi connectivity index (χ1n) is 7.27. The van der Waals surface area contributed by atoms with Crippen molar-refractivity contribution in [3.05, 3.63) is 29.3 Å². The van der Waals surface area contributed by atoms with Gasteiger partial charge in [0.2, 0.25) is 15.9 Å². The van der Waals surface area contributed by atoms with Crippen LogP contribution in [0.4, 0.5) is 0 Å². The second-order valence-corrected chi connectivity index (χ2v) is 7.79. The van der Waals surface area contributed by atoms with Crippen LogP contribution in [0.5, 0.6) is 0 Å². The smallest absolute Gasteiger partial charge is 0.260 e. The van der Waals surface area contributed by atoms with Gasteiger partial charge in [-0.05, 0) is 44.4 Å². The van der Waals surface area contributed by atoms with Crippen molar-refractivity contribution >= 4 is 21.8 Å². The molecule has 3 rings (SSSR count). The molecule has 1 heterocycles. The number of hydrogen-bond acceptors (Lipinski definition) is 4. The predicted molar refractivity (Wildman–Crippen MR) is 79.8 cm³/mol. The highest BCUT2D eigenvalue weighted by Crippen LogP contribution is 2.36. The fourth-order valence-electron chi connectivity index (χ4n) is 2.59. The molecule has 22 heavy (non-hydrogen) atoms. The molecular formula is C15H18N2O4S. The van der Waals surface area contributed by atoms with Gasteiger partial charge in [-0.15, -0.1) is 0 Å². The summed E-state index contributed by atoms with van der Waals surface area (Å²) in [5.74, 6) is -0.678. The minimum absolute atomic E-state index is 0.0677. The Kier molecular flexibility index (Phi) is 3.37. The van der Waals surface area contributed by atoms with Gasteiger partial charge in [-0.1, -0.05) is 6.07 Å². The molecule has 0 saturated heterocycles. The zero-order valence-electron chi connectivity index (χ0n) is 12.5. The molecule has 0 atom stereocenters. The minimum Gasteiger partial charge on any atom is -0.278 e. The van der Waals surface area contributed by atoms with E-state index >= 15 is 0 Å². The molecule has 1 N–H and O–H groups in total. The number of fused-ring (bicyclic) bond motifs is 1. The molecule has 1 aliphatic carbocycles. The fourth-order valence-corrected chi connectivity index (χ4v) is 4.08. The van der Waals surface area contributed by atoms with Crippen LogP contribution < -0.4 is 4.72 Å². The second-order valence-electron chi connectivity index (χ2n) is 6.11. The first kappa shape index (κ1) is 15.2. The quantitative estimate of drug-likeness (QED) is 0.840. The molecule has 2 amide bonds. The molecule has 0 spiro atoms. The molecule has 1 fully saturated rings. The van der Waals surface area contributed by atoms with Crippen molar-refractivity contribution < 1.29 is 18.0 Å². The SMILES string of the molecule is CCN1C(=O)Cc2ccc(S(=O)(=O)NC3(C)CC3)cc2C1=O. The van der Waals surface area contributed by atoms with Gasteiger partial charge in [0.1, 0.15) is 0 Å². The van der Waals surface area contributed by atoms with E-state index in [0.717, 1.165) is 17.7 Å². The van der Waals surface area contributed by atoms with Crippen molar-refractivity contribution in [2.24, 2.45) is 0 Å². The minimum atomic E-state index is -3.66. The van der Waals surface area contributed by atoms with Gasteiger partial charge in [-0.3, -0.25) is 14.5 Å². The maximum Gasteiger partial charge on any atom is 0.260 e. The number of nitrogens with one attached hydrogen (secondary N) is 1. The standard InChI is InChI=1S/C15H18N2O4S/c1-3-17-13(18)8-10-4-5-11(9-12(10)14(17)19)22(20,21)16-15(2)6-7-15/h4-5,9,16H,3,6-8H2,1-2H3. The Bertz CT molecular complexity index is 766. The molecule has 7 heteroatoms. The maximum atomic E-state index is 12.4. The van der Waals surface area contributed by atoms with Gasteiger partial charge >= 0.3 is 0 Å². The molecule has 1 aliphatic heterocycles. The van der Waals surface area contributed by atoms with Gasteiger partial charge in [0.05, 0.1) is 11.3 Å². The van der Waals surface area contributed by atoms with Crippen LogP contribution in [0.2, 0.25) is 0 Å². The Morgan fingerprint density at radius 2 is 1.95 bits per heavy atom. The van der Waals surface area contributed by atoms with Crippen molar-refractivity contribution in [2.45, 2.75) is 43.5 Å². The molecule has 1 saturated carbocycles. The van der Waals surface area contributed by atoms with E-state index in [-0.39, 0.29) is 29.3 Å². The Labute approximate surface area is 129 Å². The predicted octanol–water partition coefficient (Wildman–Crippen LogP) is 1.06. The summed E-state index contributed by atoms with van der Waals surface area (Å²) in [6.07, 6.45) is 1.75. The van der Waals surface area contributed by atoms with Gasteiger partial charge in [-0.25, -0.2) is 13.1 Å². The lowest BCUT2D eigenvalue weighted by Crippen LogP contribution is -2.42. The van der Waals surface area contributed by atoms with E-state index in [2.05, 4.69) is 4.72 Å². The van der Waals surface area contributed by atoms with Gasteiger partial charge < -0.3 is 0 Å². The first-order chi connectivity index (χ1) is 10.3. The fraction of sp³-hybridized carbons (Fsp3) is 0.467. The number of sulfonamides is 1. The number of nitrogens with zero attached hydrogens (tertiary/aromatic N) is 1. The molecule has 1 aromatic rings. The van der Waals surface area contributed by atoms with E-state index in [1.165, 1.54) is 12.1 Å². The largest absolute Gasteiger partial charge is 0.278 e. The molecular weight excluding hydrogens is 304 g/mol. The van der Waals surface area contributed by atoms with Crippen LogP contribution in [0.15, 0.2) is 23.1 Å². The van der Waals surface area contributed by atoms with Crippen LogP contribution in [-0.4, -0.2) is 37.2 Å². The third-order valence-corrected chi connectivity index (χ3v) is 5.84. The Hall–Kier alpha value is -1.73. The van der Waals surface area contributed by atoms with E-state index in [1.54, 1.807) is 13.0 Å². The van der Waals surface area contributed by atoms with E-state index < -0.39 is 15.9 Å². The Morgan fingerprint density at radius 3 is 2.55 bits per heavy atom. The lowest BCUT2D eigenvalue weighted by atomic mass is 9.98. The number of hydrogen-bond donors (Lipinski definition) is 1. The Balaban J connectivity index is 1.99. The number of carbonyl (C=O) groups is 2. The third-order valence-electron chi connectivity index (χ3n) is 4.21. The van der Waals surface area contributed by atoms with Crippen LogP contribution in [0.3, 0.4) is 0 Å². The molecule has 1 aromatic carbocycles. The molecule has 0 radical (unpaired) electrons. The second kappa shape index (κ2) is 4.89. The number of rotatable bonds is 4. The van der Waals surface area contributed by atoms with Crippen molar-refractivity contribution in [3.63, 3.8) is 0 Å². The lowest BCUT2D eigenvalue weighted by molar-refractivity contribution is -0.128. The van der Waals surface area contributed by atoms with Crippen LogP contribution in [0, 0.1) is 0 Å². The molecule has 6 nitrogen and oxygen atoms in total. The van der Waals surface area contributed by atoms with Crippen molar-refractivity contribution in [1.29, 1.82) is 0 Å². The van der Waals surface area contributed by atoms with Crippen LogP contribution in [0.1, 0.15) is 42.6 Å². The third kappa shape index (κ3) is 2.55. The molecule has 0 bridgehead atoms. The van der Waals surface area contributed by atoms with Crippen molar-refractivity contribution in [3.8, 4) is 0 Å². The van der Waals surface area contributed by atoms with Crippen LogP contribution in [0.25, 0.3) is 0 Å². The van der Waals surface area contributed by atoms with Crippen LogP contribution in [-0.2, 0) is 21.2 Å². The monoisotopic (exact) mass is 322 g/mol. The number of benzene rings is 1. The van der Waals surface area contributed by atoms with Gasteiger partial charge in [-0.2, -0.15) is 0 Å². The topological polar surface area (TPSA) is 83.6 Å². The van der Waals surface area contributed by atoms with E-state index in [9.17, 15) is 18.0 Å². The number of likely N-dealkylation sites (N-methyl/N-ethyl adjacent to an activating group) is 1. The molecule has 0 aromatic heterocycles. The van der Waals surface area contributed by atoms with Gasteiger partial charge in [0.25, 0.3) is 5.91 Å². The average molecular weight is 322 g/mol. The summed E-state index contributed by atoms with van der Waals surface area (Å²) in [5, 5.41) is 0. The van der Waals surface area contributed by atoms with Gasteiger partial charge in [0.15, 0.2) is 0 Å². The summed E-state index contributed by atoms with van der Waals surface area (Å²) in [7, 11) is -3.66. The highest BCUT2D eigenvalue weighted by molar-refractivity contribution is 7.89. The van der Waals surface area contributed by atoms with E-state index in [0.29, 0.717) is 11.1 Å². The summed E-state index contributed by atoms with van der Waals surface area (Å²) < 4.78 is 27.4. The normalized spacial score (nSPS) is 20.0. The summed E-state index contributed by atoms with van der Waals surface area (Å²) in [5.41, 5.74) is 0.506. The van der Waals surface area contributed by atoms with E-state index in [1.807, 2.05) is 6.92 Å². The zero-order chi connectivity index (χ0) is 16.1. The van der Waals surface area contributed by atoms with Crippen molar-refractivity contribution in [2.75, 3.05) is 6.54 Å². The lowest BCUT2D eigenvalue weighted by Gasteiger charge is -2.26. The van der Waals surface area contributed by atoms with Crippen LogP contribution >= 0.6 is 0 Å². The number of carbonyl (C=O) groups excluding carboxylic acids is 2. The number of amides is 2. The maximum absolute atomic E-state index is 12.4. The Morgan fingerprint density at radius 1 is 1.27 bits per heavy atom. The van der Waals surface area contributed by atoms with Crippen molar-refractivity contribution in [1.82, 2.24) is 9.62 Å². The highest BCUT2D eigenvalue weighted by atomic mass is 32.2. The summed E-state index contributed by atoms with van der Waals surface area (Å²) >= 11 is 0. The average Bonchev–Trinajstić information content (AvgIpc) is 3.15. The summed E-state index contributed by atoms with van der Waals surface area (Å²) in [6.45, 7) is 3.85. The molecule has 2 aliphatic rings. The van der Waals surface area contributed by atoms with E-state index in [4.69, 9.17) is 0 Å². The number of imide groups is 1. The molecule has 0 unspecified atom stereocenters. The first-order valence-corrected chi connectivity index (χ1v) is 8.76. The summed E-state index contributed by atoms with van der Waals surface area (Å²) in [6, 6.07) is 4.39. The summed E-state index contributed by atoms with van der Waals surface area (Å²) in [4.78, 5) is 25.4. The van der Waals surface area contributed by atoms with Gasteiger partial charge in [0, 0.05) is 17.6 Å².